The maximum Gasteiger partial charge on any atom is -0.0153 e. The highest BCUT2D eigenvalue weighted by Gasteiger charge is 2.08. The Labute approximate surface area is 118 Å². The Balaban J connectivity index is 0.000000861. The van der Waals surface area contributed by atoms with Crippen LogP contribution in [0.4, 0.5) is 0 Å². The van der Waals surface area contributed by atoms with Crippen LogP contribution in [0, 0.1) is 5.92 Å². The number of allylic oxidation sites excluding steroid dienone is 4. The van der Waals surface area contributed by atoms with Crippen LogP contribution in [0.1, 0.15) is 44.7 Å². The van der Waals surface area contributed by atoms with Gasteiger partial charge in [0, 0.05) is 0 Å². The highest BCUT2D eigenvalue weighted by molar-refractivity contribution is 5.47. The van der Waals surface area contributed by atoms with E-state index in [0.717, 1.165) is 6.42 Å². The van der Waals surface area contributed by atoms with Crippen molar-refractivity contribution in [2.45, 2.75) is 40.0 Å². The molecule has 1 aliphatic rings. The summed E-state index contributed by atoms with van der Waals surface area (Å²) in [6.07, 6.45) is 12.4. The summed E-state index contributed by atoms with van der Waals surface area (Å²) in [4.78, 5) is 0. The first kappa shape index (κ1) is 15.5. The van der Waals surface area contributed by atoms with Gasteiger partial charge in [0.15, 0.2) is 0 Å². The van der Waals surface area contributed by atoms with Crippen LogP contribution in [0.25, 0.3) is 6.08 Å². The van der Waals surface area contributed by atoms with Gasteiger partial charge in [-0.3, -0.25) is 0 Å². The van der Waals surface area contributed by atoms with Crippen molar-refractivity contribution in [3.05, 3.63) is 65.8 Å². The average Bonchev–Trinajstić information content (AvgIpc) is 2.51. The number of benzene rings is 1. The molecule has 0 nitrogen and oxygen atoms in total. The van der Waals surface area contributed by atoms with Crippen LogP contribution in [0.15, 0.2) is 54.6 Å². The van der Waals surface area contributed by atoms with E-state index < -0.39 is 0 Å². The van der Waals surface area contributed by atoms with Crippen LogP contribution in [0.2, 0.25) is 0 Å². The first-order chi connectivity index (χ1) is 9.29. The number of hydrogen-bond donors (Lipinski definition) is 0. The molecule has 0 amide bonds. The summed E-state index contributed by atoms with van der Waals surface area (Å²) in [5.74, 6) is 0.612. The molecule has 0 saturated carbocycles. The van der Waals surface area contributed by atoms with E-state index in [9.17, 15) is 0 Å². The molecule has 0 fully saturated rings. The summed E-state index contributed by atoms with van der Waals surface area (Å²) in [5, 5.41) is 0. The molecular weight excluding hydrogens is 228 g/mol. The summed E-state index contributed by atoms with van der Waals surface area (Å²) in [7, 11) is 0. The molecule has 2 rings (SSSR count). The van der Waals surface area contributed by atoms with Gasteiger partial charge in [-0.25, -0.2) is 0 Å². The summed E-state index contributed by atoms with van der Waals surface area (Å²) < 4.78 is 0. The fraction of sp³-hybridized carbons (Fsp3) is 0.368. The van der Waals surface area contributed by atoms with Gasteiger partial charge in [-0.05, 0) is 41.9 Å². The van der Waals surface area contributed by atoms with Crippen LogP contribution in [0.5, 0.6) is 0 Å². The minimum absolute atomic E-state index is 0.612. The van der Waals surface area contributed by atoms with Crippen molar-refractivity contribution < 1.29 is 0 Å². The topological polar surface area (TPSA) is 0 Å². The second-order valence-electron chi connectivity index (χ2n) is 4.73. The fourth-order valence-corrected chi connectivity index (χ4v) is 2.26. The molecule has 0 radical (unpaired) electrons. The lowest BCUT2D eigenvalue weighted by Gasteiger charge is -2.15. The lowest BCUT2D eigenvalue weighted by atomic mass is 9.90. The predicted octanol–water partition coefficient (Wildman–Crippen LogP) is 5.81. The normalized spacial score (nSPS) is 15.0. The largest absolute Gasteiger partial charge is 0.0985 e. The Bertz CT molecular complexity index is 432. The molecule has 0 aromatic heterocycles. The van der Waals surface area contributed by atoms with Crippen molar-refractivity contribution in [2.75, 3.05) is 0 Å². The van der Waals surface area contributed by atoms with Crippen molar-refractivity contribution in [2.24, 2.45) is 5.92 Å². The lowest BCUT2D eigenvalue weighted by molar-refractivity contribution is 0.684. The molecule has 0 heteroatoms. The number of hydrogen-bond acceptors (Lipinski definition) is 0. The molecule has 0 aliphatic heterocycles. The fourth-order valence-electron chi connectivity index (χ4n) is 2.26. The van der Waals surface area contributed by atoms with E-state index in [0.29, 0.717) is 5.92 Å². The molecule has 1 aromatic rings. The van der Waals surface area contributed by atoms with Gasteiger partial charge in [0.25, 0.3) is 0 Å². The quantitative estimate of drug-likeness (QED) is 0.636. The highest BCUT2D eigenvalue weighted by Crippen LogP contribution is 2.22. The highest BCUT2D eigenvalue weighted by atomic mass is 14.1. The van der Waals surface area contributed by atoms with Crippen LogP contribution >= 0.6 is 0 Å². The van der Waals surface area contributed by atoms with Gasteiger partial charge in [0.1, 0.15) is 0 Å². The Morgan fingerprint density at radius 2 is 1.84 bits per heavy atom. The third kappa shape index (κ3) is 4.90. The summed E-state index contributed by atoms with van der Waals surface area (Å²) in [6, 6.07) is 8.70. The van der Waals surface area contributed by atoms with Crippen LogP contribution < -0.4 is 0 Å². The summed E-state index contributed by atoms with van der Waals surface area (Å²) >= 11 is 0. The molecule has 1 aliphatic carbocycles. The first-order valence-corrected chi connectivity index (χ1v) is 7.37. The van der Waals surface area contributed by atoms with Crippen molar-refractivity contribution in [1.29, 1.82) is 0 Å². The smallest absolute Gasteiger partial charge is 0.0153 e. The minimum atomic E-state index is 0.612. The second-order valence-corrected chi connectivity index (χ2v) is 4.73. The van der Waals surface area contributed by atoms with E-state index >= 15 is 0 Å². The van der Waals surface area contributed by atoms with Gasteiger partial charge in [0.05, 0.1) is 0 Å². The molecule has 19 heavy (non-hydrogen) atoms. The molecule has 1 aromatic carbocycles. The molecule has 0 heterocycles. The molecule has 0 N–H and O–H groups in total. The third-order valence-electron chi connectivity index (χ3n) is 3.35. The van der Waals surface area contributed by atoms with Gasteiger partial charge in [-0.2, -0.15) is 0 Å². The van der Waals surface area contributed by atoms with Gasteiger partial charge >= 0.3 is 0 Å². The van der Waals surface area contributed by atoms with Gasteiger partial charge in [0.2, 0.25) is 0 Å². The Kier molecular flexibility index (Phi) is 6.95. The van der Waals surface area contributed by atoms with Crippen molar-refractivity contribution in [1.82, 2.24) is 0 Å². The van der Waals surface area contributed by atoms with Crippen LogP contribution in [-0.2, 0) is 6.42 Å². The van der Waals surface area contributed by atoms with Gasteiger partial charge in [-0.1, -0.05) is 75.9 Å². The molecule has 0 spiro atoms. The van der Waals surface area contributed by atoms with E-state index in [2.05, 4.69) is 56.0 Å². The maximum atomic E-state index is 3.78. The van der Waals surface area contributed by atoms with E-state index in [4.69, 9.17) is 0 Å². The van der Waals surface area contributed by atoms with E-state index in [1.807, 2.05) is 19.9 Å². The van der Waals surface area contributed by atoms with Crippen molar-refractivity contribution in [3.63, 3.8) is 0 Å². The molecular formula is C19H26. The van der Waals surface area contributed by atoms with E-state index in [1.54, 1.807) is 0 Å². The number of rotatable bonds is 4. The molecule has 0 bridgehead atoms. The zero-order chi connectivity index (χ0) is 14.1. The summed E-state index contributed by atoms with van der Waals surface area (Å²) in [5.41, 5.74) is 4.09. The third-order valence-corrected chi connectivity index (χ3v) is 3.35. The van der Waals surface area contributed by atoms with Gasteiger partial charge < -0.3 is 0 Å². The standard InChI is InChI=1S/C17H20.C2H6/c1-3-15-9-11-16(12-10-15)13-14(2)17-7-5-4-6-8-17;1-2/h3,5,7-12,14H,1,4,6,13H2,2H3;1-2H3/t14-;/m1./s1. The van der Waals surface area contributed by atoms with Crippen molar-refractivity contribution in [3.8, 4) is 0 Å². The zero-order valence-corrected chi connectivity index (χ0v) is 12.5. The second kappa shape index (κ2) is 8.53. The van der Waals surface area contributed by atoms with Crippen LogP contribution in [-0.4, -0.2) is 0 Å². The maximum absolute atomic E-state index is 3.78. The minimum Gasteiger partial charge on any atom is -0.0985 e. The lowest BCUT2D eigenvalue weighted by Crippen LogP contribution is -2.03. The molecule has 0 saturated heterocycles. The molecule has 1 atom stereocenters. The molecule has 102 valence electrons. The zero-order valence-electron chi connectivity index (χ0n) is 12.5. The van der Waals surface area contributed by atoms with E-state index in [1.165, 1.54) is 29.5 Å². The predicted molar refractivity (Wildman–Crippen MR) is 87.2 cm³/mol. The van der Waals surface area contributed by atoms with E-state index in [-0.39, 0.29) is 0 Å². The first-order valence-electron chi connectivity index (χ1n) is 7.37. The average molecular weight is 254 g/mol. The SMILES string of the molecule is C=Cc1ccc(C[C@@H](C)C2=CCCC=C2)cc1.CC. The Morgan fingerprint density at radius 1 is 1.16 bits per heavy atom. The Hall–Kier alpha value is -1.56. The monoisotopic (exact) mass is 254 g/mol. The van der Waals surface area contributed by atoms with Crippen LogP contribution in [0.3, 0.4) is 0 Å². The molecule has 0 unspecified atom stereocenters. The van der Waals surface area contributed by atoms with Gasteiger partial charge in [-0.15, -0.1) is 0 Å². The summed E-state index contributed by atoms with van der Waals surface area (Å²) in [6.45, 7) is 10.1. The van der Waals surface area contributed by atoms with Crippen molar-refractivity contribution >= 4 is 6.08 Å². The Morgan fingerprint density at radius 3 is 2.37 bits per heavy atom.